The molecule has 1 atom stereocenters. The molecule has 0 aliphatic carbocycles. The van der Waals surface area contributed by atoms with Crippen molar-refractivity contribution < 1.29 is 9.90 Å². The number of aliphatic carboxylic acids is 1. The lowest BCUT2D eigenvalue weighted by Crippen LogP contribution is -2.48. The Morgan fingerprint density at radius 2 is 1.94 bits per heavy atom. The van der Waals surface area contributed by atoms with E-state index < -0.39 is 11.5 Å². The summed E-state index contributed by atoms with van der Waals surface area (Å²) >= 11 is 3.35. The molecule has 0 amide bonds. The number of hydrogen-bond acceptors (Lipinski definition) is 3. The van der Waals surface area contributed by atoms with Crippen LogP contribution in [0.4, 0.5) is 0 Å². The van der Waals surface area contributed by atoms with Gasteiger partial charge in [0.2, 0.25) is 0 Å². The molecule has 1 aromatic carbocycles. The van der Waals surface area contributed by atoms with E-state index in [2.05, 4.69) is 21.2 Å². The largest absolute Gasteiger partial charge is 0.480 e. The summed E-state index contributed by atoms with van der Waals surface area (Å²) in [5, 5.41) is 12.5. The van der Waals surface area contributed by atoms with Crippen LogP contribution in [0, 0.1) is 0 Å². The lowest BCUT2D eigenvalue weighted by atomic mass is 9.92. The molecule has 0 heterocycles. The Morgan fingerprint density at radius 3 is 2.39 bits per heavy atom. The fourth-order valence-electron chi connectivity index (χ4n) is 1.61. The van der Waals surface area contributed by atoms with Crippen molar-refractivity contribution in [3.05, 3.63) is 34.3 Å². The van der Waals surface area contributed by atoms with Gasteiger partial charge in [-0.3, -0.25) is 5.32 Å². The van der Waals surface area contributed by atoms with Crippen molar-refractivity contribution in [3.8, 4) is 0 Å². The summed E-state index contributed by atoms with van der Waals surface area (Å²) in [6.45, 7) is 3.10. The summed E-state index contributed by atoms with van der Waals surface area (Å²) in [6.07, 6.45) is 0. The number of nitrogens with zero attached hydrogens (tertiary/aromatic N) is 1. The van der Waals surface area contributed by atoms with Crippen molar-refractivity contribution in [3.63, 3.8) is 0 Å². The number of nitrogens with one attached hydrogen (secondary N) is 1. The fraction of sp³-hybridized carbons (Fsp3) is 0.462. The van der Waals surface area contributed by atoms with Crippen molar-refractivity contribution >= 4 is 21.9 Å². The predicted octanol–water partition coefficient (Wildman–Crippen LogP) is 1.90. The molecule has 0 saturated carbocycles. The standard InChI is InChI=1S/C13H19BrN2O2/c1-13(12(17)18,15-8-9-16(2)3)10-4-6-11(14)7-5-10/h4-7,15H,8-9H2,1-3H3,(H,17,18). The molecule has 0 aromatic heterocycles. The van der Waals surface area contributed by atoms with E-state index in [-0.39, 0.29) is 0 Å². The van der Waals surface area contributed by atoms with Crippen LogP contribution in [0.25, 0.3) is 0 Å². The second-order valence-electron chi connectivity index (χ2n) is 4.67. The first-order chi connectivity index (χ1) is 8.36. The first-order valence-electron chi connectivity index (χ1n) is 5.75. The Hall–Kier alpha value is -0.910. The molecule has 0 aliphatic heterocycles. The van der Waals surface area contributed by atoms with E-state index >= 15 is 0 Å². The zero-order valence-corrected chi connectivity index (χ0v) is 12.5. The molecule has 2 N–H and O–H groups in total. The maximum atomic E-state index is 11.5. The van der Waals surface area contributed by atoms with Gasteiger partial charge in [0, 0.05) is 17.6 Å². The smallest absolute Gasteiger partial charge is 0.328 e. The van der Waals surface area contributed by atoms with Gasteiger partial charge in [0.05, 0.1) is 0 Å². The minimum absolute atomic E-state index is 0.617. The van der Waals surface area contributed by atoms with Gasteiger partial charge in [0.1, 0.15) is 5.54 Å². The number of rotatable bonds is 6. The van der Waals surface area contributed by atoms with E-state index in [0.29, 0.717) is 6.54 Å². The van der Waals surface area contributed by atoms with Crippen molar-refractivity contribution in [1.29, 1.82) is 0 Å². The monoisotopic (exact) mass is 314 g/mol. The molecule has 0 saturated heterocycles. The van der Waals surface area contributed by atoms with Gasteiger partial charge in [0.25, 0.3) is 0 Å². The quantitative estimate of drug-likeness (QED) is 0.842. The summed E-state index contributed by atoms with van der Waals surface area (Å²) in [6, 6.07) is 7.34. The van der Waals surface area contributed by atoms with E-state index in [1.807, 2.05) is 43.3 Å². The minimum Gasteiger partial charge on any atom is -0.480 e. The number of hydrogen-bond donors (Lipinski definition) is 2. The molecule has 0 bridgehead atoms. The molecule has 1 rings (SSSR count). The highest BCUT2D eigenvalue weighted by molar-refractivity contribution is 9.10. The van der Waals surface area contributed by atoms with Crippen molar-refractivity contribution in [2.45, 2.75) is 12.5 Å². The van der Waals surface area contributed by atoms with Crippen molar-refractivity contribution in [1.82, 2.24) is 10.2 Å². The predicted molar refractivity (Wildman–Crippen MR) is 75.7 cm³/mol. The van der Waals surface area contributed by atoms with E-state index in [1.54, 1.807) is 6.92 Å². The number of halogens is 1. The van der Waals surface area contributed by atoms with Gasteiger partial charge in [-0.2, -0.15) is 0 Å². The number of carbonyl (C=O) groups is 1. The van der Waals surface area contributed by atoms with Crippen LogP contribution in [-0.2, 0) is 10.3 Å². The Balaban J connectivity index is 2.86. The molecular weight excluding hydrogens is 296 g/mol. The van der Waals surface area contributed by atoms with Crippen LogP contribution in [0.1, 0.15) is 12.5 Å². The van der Waals surface area contributed by atoms with Gasteiger partial charge in [-0.1, -0.05) is 28.1 Å². The van der Waals surface area contributed by atoms with E-state index in [0.717, 1.165) is 16.6 Å². The SMILES string of the molecule is CN(C)CCNC(C)(C(=O)O)c1ccc(Br)cc1. The van der Waals surface area contributed by atoms with Gasteiger partial charge >= 0.3 is 5.97 Å². The third kappa shape index (κ3) is 3.80. The van der Waals surface area contributed by atoms with Gasteiger partial charge in [-0.05, 0) is 38.7 Å². The average molecular weight is 315 g/mol. The Bertz CT molecular complexity index is 406. The maximum Gasteiger partial charge on any atom is 0.328 e. The van der Waals surface area contributed by atoms with Crippen LogP contribution in [-0.4, -0.2) is 43.2 Å². The Kier molecular flexibility index (Phi) is 5.31. The van der Waals surface area contributed by atoms with Crippen LogP contribution < -0.4 is 5.32 Å². The molecule has 100 valence electrons. The molecule has 0 aliphatic rings. The molecule has 1 unspecified atom stereocenters. The van der Waals surface area contributed by atoms with Gasteiger partial charge in [0.15, 0.2) is 0 Å². The Morgan fingerprint density at radius 1 is 1.39 bits per heavy atom. The average Bonchev–Trinajstić information content (AvgIpc) is 2.28. The number of benzene rings is 1. The van der Waals surface area contributed by atoms with Crippen LogP contribution in [0.3, 0.4) is 0 Å². The van der Waals surface area contributed by atoms with E-state index in [1.165, 1.54) is 0 Å². The van der Waals surface area contributed by atoms with E-state index in [9.17, 15) is 9.90 Å². The second-order valence-corrected chi connectivity index (χ2v) is 5.58. The van der Waals surface area contributed by atoms with Gasteiger partial charge < -0.3 is 10.0 Å². The molecule has 5 heteroatoms. The lowest BCUT2D eigenvalue weighted by molar-refractivity contribution is -0.144. The summed E-state index contributed by atoms with van der Waals surface area (Å²) in [4.78, 5) is 13.5. The molecule has 0 radical (unpaired) electrons. The van der Waals surface area contributed by atoms with Crippen LogP contribution in [0.5, 0.6) is 0 Å². The number of likely N-dealkylation sites (N-methyl/N-ethyl adjacent to an activating group) is 1. The highest BCUT2D eigenvalue weighted by atomic mass is 79.9. The zero-order valence-electron chi connectivity index (χ0n) is 10.9. The van der Waals surface area contributed by atoms with Crippen LogP contribution in [0.2, 0.25) is 0 Å². The fourth-order valence-corrected chi connectivity index (χ4v) is 1.88. The third-order valence-electron chi connectivity index (χ3n) is 2.89. The molecule has 0 fully saturated rings. The molecule has 4 nitrogen and oxygen atoms in total. The van der Waals surface area contributed by atoms with Crippen molar-refractivity contribution in [2.24, 2.45) is 0 Å². The number of carboxylic acid groups (broad SMARTS) is 1. The topological polar surface area (TPSA) is 52.6 Å². The number of carboxylic acids is 1. The molecule has 18 heavy (non-hydrogen) atoms. The third-order valence-corrected chi connectivity index (χ3v) is 3.42. The normalized spacial score (nSPS) is 14.5. The zero-order chi connectivity index (χ0) is 13.8. The lowest BCUT2D eigenvalue weighted by Gasteiger charge is -2.27. The summed E-state index contributed by atoms with van der Waals surface area (Å²) in [5.41, 5.74) is -0.312. The molecular formula is C13H19BrN2O2. The first-order valence-corrected chi connectivity index (χ1v) is 6.55. The highest BCUT2D eigenvalue weighted by Gasteiger charge is 2.34. The van der Waals surface area contributed by atoms with Gasteiger partial charge in [-0.25, -0.2) is 4.79 Å². The second kappa shape index (κ2) is 6.31. The van der Waals surface area contributed by atoms with Crippen molar-refractivity contribution in [2.75, 3.05) is 27.2 Å². The molecule has 0 spiro atoms. The Labute approximate surface area is 116 Å². The highest BCUT2D eigenvalue weighted by Crippen LogP contribution is 2.23. The van der Waals surface area contributed by atoms with Gasteiger partial charge in [-0.15, -0.1) is 0 Å². The summed E-state index contributed by atoms with van der Waals surface area (Å²) in [7, 11) is 3.92. The summed E-state index contributed by atoms with van der Waals surface area (Å²) in [5.74, 6) is -0.872. The molecule has 1 aromatic rings. The maximum absolute atomic E-state index is 11.5. The van der Waals surface area contributed by atoms with Crippen LogP contribution >= 0.6 is 15.9 Å². The van der Waals surface area contributed by atoms with Crippen LogP contribution in [0.15, 0.2) is 28.7 Å². The van der Waals surface area contributed by atoms with E-state index in [4.69, 9.17) is 0 Å². The summed E-state index contributed by atoms with van der Waals surface area (Å²) < 4.78 is 0.937. The minimum atomic E-state index is -1.06. The first kappa shape index (κ1) is 15.1.